The summed E-state index contributed by atoms with van der Waals surface area (Å²) >= 11 is 0. The van der Waals surface area contributed by atoms with Crippen LogP contribution >= 0.6 is 0 Å². The zero-order chi connectivity index (χ0) is 21.3. The zero-order valence-electron chi connectivity index (χ0n) is 17.4. The second kappa shape index (κ2) is 7.94. The Balaban J connectivity index is 1.55. The van der Waals surface area contributed by atoms with Crippen molar-refractivity contribution in [3.63, 3.8) is 0 Å². The molecule has 30 heavy (non-hydrogen) atoms. The van der Waals surface area contributed by atoms with Crippen molar-refractivity contribution in [1.29, 1.82) is 0 Å². The van der Waals surface area contributed by atoms with Crippen LogP contribution in [0.4, 0.5) is 5.69 Å². The van der Waals surface area contributed by atoms with Gasteiger partial charge in [-0.25, -0.2) is 9.67 Å². The largest absolute Gasteiger partial charge is 0.441 e. The van der Waals surface area contributed by atoms with Gasteiger partial charge in [-0.2, -0.15) is 0 Å². The molecule has 1 N–H and O–H groups in total. The predicted molar refractivity (Wildman–Crippen MR) is 114 cm³/mol. The lowest BCUT2D eigenvalue weighted by molar-refractivity contribution is 0.102. The molecular formula is C23H23N5O2. The van der Waals surface area contributed by atoms with E-state index in [1.807, 2.05) is 76.2 Å². The smallest absolute Gasteiger partial charge is 0.278 e. The molecule has 0 saturated heterocycles. The summed E-state index contributed by atoms with van der Waals surface area (Å²) in [5.74, 6) is 0.997. The van der Waals surface area contributed by atoms with E-state index in [9.17, 15) is 4.79 Å². The van der Waals surface area contributed by atoms with E-state index in [0.717, 1.165) is 28.1 Å². The number of hydrogen-bond donors (Lipinski definition) is 1. The Bertz CT molecular complexity index is 1190. The molecule has 2 aromatic carbocycles. The summed E-state index contributed by atoms with van der Waals surface area (Å²) in [6, 6.07) is 15.6. The topological polar surface area (TPSA) is 85.8 Å². The van der Waals surface area contributed by atoms with Gasteiger partial charge in [0.1, 0.15) is 11.5 Å². The molecule has 152 valence electrons. The highest BCUT2D eigenvalue weighted by Crippen LogP contribution is 2.23. The van der Waals surface area contributed by atoms with Crippen molar-refractivity contribution < 1.29 is 9.21 Å². The fraction of sp³-hybridized carbons (Fsp3) is 0.217. The van der Waals surface area contributed by atoms with E-state index < -0.39 is 0 Å². The molecule has 2 aromatic heterocycles. The fourth-order valence-corrected chi connectivity index (χ4v) is 3.33. The number of nitrogens with zero attached hydrogens (tertiary/aromatic N) is 4. The highest BCUT2D eigenvalue weighted by atomic mass is 16.4. The summed E-state index contributed by atoms with van der Waals surface area (Å²) in [7, 11) is 0. The first kappa shape index (κ1) is 19.6. The standard InChI is InChI=1S/C23H23N5O2/c1-14-9-8-10-15(2)20(14)25-22(29)21-16(3)28(27-26-21)13-19-17(4)30-23(24-19)18-11-6-5-7-12-18/h5-12H,13H2,1-4H3,(H,25,29). The Morgan fingerprint density at radius 3 is 2.40 bits per heavy atom. The van der Waals surface area contributed by atoms with E-state index in [2.05, 4.69) is 20.6 Å². The lowest BCUT2D eigenvalue weighted by Crippen LogP contribution is -2.16. The maximum atomic E-state index is 12.8. The molecule has 1 amide bonds. The minimum absolute atomic E-state index is 0.280. The first-order chi connectivity index (χ1) is 14.4. The van der Waals surface area contributed by atoms with Crippen LogP contribution < -0.4 is 5.32 Å². The lowest BCUT2D eigenvalue weighted by Gasteiger charge is -2.10. The van der Waals surface area contributed by atoms with Crippen molar-refractivity contribution in [1.82, 2.24) is 20.0 Å². The van der Waals surface area contributed by atoms with Crippen LogP contribution in [0.5, 0.6) is 0 Å². The SMILES string of the molecule is Cc1cccc(C)c1NC(=O)c1nnn(Cc2nc(-c3ccccc3)oc2C)c1C. The van der Waals surface area contributed by atoms with E-state index in [-0.39, 0.29) is 5.91 Å². The summed E-state index contributed by atoms with van der Waals surface area (Å²) in [6.07, 6.45) is 0. The second-order valence-corrected chi connectivity index (χ2v) is 7.29. The molecule has 0 unspecified atom stereocenters. The maximum absolute atomic E-state index is 12.8. The number of carbonyl (C=O) groups excluding carboxylic acids is 1. The molecule has 0 fully saturated rings. The average molecular weight is 401 g/mol. The molecule has 4 aromatic rings. The fourth-order valence-electron chi connectivity index (χ4n) is 3.33. The maximum Gasteiger partial charge on any atom is 0.278 e. The molecule has 0 saturated carbocycles. The highest BCUT2D eigenvalue weighted by Gasteiger charge is 2.20. The molecule has 0 radical (unpaired) electrons. The molecule has 0 aliphatic rings. The number of benzene rings is 2. The first-order valence-corrected chi connectivity index (χ1v) is 9.73. The number of oxazole rings is 1. The van der Waals surface area contributed by atoms with Crippen molar-refractivity contribution in [2.45, 2.75) is 34.2 Å². The number of para-hydroxylation sites is 1. The van der Waals surface area contributed by atoms with E-state index in [0.29, 0.717) is 29.6 Å². The van der Waals surface area contributed by atoms with Gasteiger partial charge in [0, 0.05) is 11.3 Å². The molecule has 0 aliphatic carbocycles. The third kappa shape index (κ3) is 3.74. The van der Waals surface area contributed by atoms with Crippen molar-refractivity contribution in [2.75, 3.05) is 5.32 Å². The Hall–Kier alpha value is -3.74. The Labute approximate surface area is 174 Å². The van der Waals surface area contributed by atoms with Crippen molar-refractivity contribution >= 4 is 11.6 Å². The molecule has 0 spiro atoms. The number of amides is 1. The van der Waals surface area contributed by atoms with E-state index in [1.54, 1.807) is 4.68 Å². The van der Waals surface area contributed by atoms with Crippen LogP contribution in [0.25, 0.3) is 11.5 Å². The van der Waals surface area contributed by atoms with Crippen LogP contribution in [-0.4, -0.2) is 25.9 Å². The van der Waals surface area contributed by atoms with Gasteiger partial charge in [0.2, 0.25) is 5.89 Å². The number of nitrogens with one attached hydrogen (secondary N) is 1. The van der Waals surface area contributed by atoms with Gasteiger partial charge in [-0.3, -0.25) is 4.79 Å². The number of carbonyl (C=O) groups is 1. The van der Waals surface area contributed by atoms with Crippen molar-refractivity contribution in [3.05, 3.63) is 82.5 Å². The number of hydrogen-bond acceptors (Lipinski definition) is 5. The van der Waals surface area contributed by atoms with Gasteiger partial charge in [-0.05, 0) is 51.0 Å². The summed E-state index contributed by atoms with van der Waals surface area (Å²) in [5, 5.41) is 11.2. The van der Waals surface area contributed by atoms with Gasteiger partial charge in [0.05, 0.1) is 12.2 Å². The van der Waals surface area contributed by atoms with E-state index in [1.165, 1.54) is 0 Å². The first-order valence-electron chi connectivity index (χ1n) is 9.73. The quantitative estimate of drug-likeness (QED) is 0.533. The van der Waals surface area contributed by atoms with Crippen LogP contribution in [0.1, 0.15) is 38.8 Å². The van der Waals surface area contributed by atoms with E-state index >= 15 is 0 Å². The van der Waals surface area contributed by atoms with Crippen LogP contribution in [0.2, 0.25) is 0 Å². The van der Waals surface area contributed by atoms with Crippen LogP contribution in [0.15, 0.2) is 52.9 Å². The summed E-state index contributed by atoms with van der Waals surface area (Å²) in [5.41, 5.74) is 5.43. The Morgan fingerprint density at radius 2 is 1.70 bits per heavy atom. The van der Waals surface area contributed by atoms with Crippen molar-refractivity contribution in [2.24, 2.45) is 0 Å². The van der Waals surface area contributed by atoms with Gasteiger partial charge in [0.15, 0.2) is 5.69 Å². The van der Waals surface area contributed by atoms with Gasteiger partial charge in [-0.1, -0.05) is 41.6 Å². The number of rotatable bonds is 5. The Morgan fingerprint density at radius 1 is 1.00 bits per heavy atom. The Kier molecular flexibility index (Phi) is 5.18. The molecule has 4 rings (SSSR count). The summed E-state index contributed by atoms with van der Waals surface area (Å²) in [4.78, 5) is 17.4. The minimum atomic E-state index is -0.280. The van der Waals surface area contributed by atoms with Crippen LogP contribution in [0, 0.1) is 27.7 Å². The summed E-state index contributed by atoms with van der Waals surface area (Å²) in [6.45, 7) is 7.99. The van der Waals surface area contributed by atoms with Gasteiger partial charge < -0.3 is 9.73 Å². The number of aryl methyl sites for hydroxylation is 3. The van der Waals surface area contributed by atoms with Gasteiger partial charge in [0.25, 0.3) is 5.91 Å². The molecular weight excluding hydrogens is 378 g/mol. The van der Waals surface area contributed by atoms with Gasteiger partial charge in [-0.15, -0.1) is 5.10 Å². The van der Waals surface area contributed by atoms with Crippen LogP contribution in [0.3, 0.4) is 0 Å². The third-order valence-corrected chi connectivity index (χ3v) is 5.13. The minimum Gasteiger partial charge on any atom is -0.441 e. The molecule has 7 nitrogen and oxygen atoms in total. The zero-order valence-corrected chi connectivity index (χ0v) is 17.4. The normalized spacial score (nSPS) is 10.9. The average Bonchev–Trinajstić information content (AvgIpc) is 3.29. The molecule has 2 heterocycles. The molecule has 0 aliphatic heterocycles. The van der Waals surface area contributed by atoms with Crippen molar-refractivity contribution in [3.8, 4) is 11.5 Å². The second-order valence-electron chi connectivity index (χ2n) is 7.29. The number of aromatic nitrogens is 4. The molecule has 0 bridgehead atoms. The van der Waals surface area contributed by atoms with Gasteiger partial charge >= 0.3 is 0 Å². The van der Waals surface area contributed by atoms with Crippen LogP contribution in [-0.2, 0) is 6.54 Å². The monoisotopic (exact) mass is 401 g/mol. The third-order valence-electron chi connectivity index (χ3n) is 5.13. The number of anilines is 1. The molecule has 0 atom stereocenters. The predicted octanol–water partition coefficient (Wildman–Crippen LogP) is 4.47. The molecule has 7 heteroatoms. The highest BCUT2D eigenvalue weighted by molar-refractivity contribution is 6.04. The van der Waals surface area contributed by atoms with E-state index in [4.69, 9.17) is 4.42 Å². The lowest BCUT2D eigenvalue weighted by atomic mass is 10.1. The summed E-state index contributed by atoms with van der Waals surface area (Å²) < 4.78 is 7.49.